The number of piperidine rings is 1. The number of carbonyl (C=O) groups excluding carboxylic acids is 1. The Labute approximate surface area is 147 Å². The number of aromatic nitrogens is 2. The molecule has 0 N–H and O–H groups in total. The quantitative estimate of drug-likeness (QED) is 0.772. The Bertz CT molecular complexity index is 703. The second-order valence-electron chi connectivity index (χ2n) is 6.62. The minimum atomic E-state index is 0.256. The molecule has 0 radical (unpaired) electrons. The molecule has 2 aliphatic rings. The number of imidazole rings is 1. The van der Waals surface area contributed by atoms with Crippen molar-refractivity contribution in [1.82, 2.24) is 14.5 Å². The third-order valence-corrected chi connectivity index (χ3v) is 5.73. The van der Waals surface area contributed by atoms with E-state index >= 15 is 0 Å². The van der Waals surface area contributed by atoms with Crippen LogP contribution < -0.4 is 0 Å². The minimum Gasteiger partial charge on any atom is -0.342 e. The number of amides is 1. The summed E-state index contributed by atoms with van der Waals surface area (Å²) in [5, 5.41) is 0.988. The number of hydrogen-bond acceptors (Lipinski definition) is 3. The van der Waals surface area contributed by atoms with E-state index in [1.165, 1.54) is 30.5 Å². The highest BCUT2D eigenvalue weighted by atomic mass is 32.2. The Morgan fingerprint density at radius 3 is 2.58 bits per heavy atom. The van der Waals surface area contributed by atoms with Crippen molar-refractivity contribution < 1.29 is 4.79 Å². The maximum atomic E-state index is 12.4. The lowest BCUT2D eigenvalue weighted by atomic mass is 10.1. The van der Waals surface area contributed by atoms with Gasteiger partial charge in [-0.1, -0.05) is 42.1 Å². The fourth-order valence-electron chi connectivity index (χ4n) is 3.32. The van der Waals surface area contributed by atoms with E-state index in [2.05, 4.69) is 33.8 Å². The van der Waals surface area contributed by atoms with Crippen molar-refractivity contribution in [2.45, 2.75) is 43.3 Å². The summed E-state index contributed by atoms with van der Waals surface area (Å²) in [4.78, 5) is 19.1. The van der Waals surface area contributed by atoms with Gasteiger partial charge in [0.2, 0.25) is 5.91 Å². The molecule has 1 saturated carbocycles. The smallest absolute Gasteiger partial charge is 0.233 e. The van der Waals surface area contributed by atoms with Gasteiger partial charge in [-0.2, -0.15) is 0 Å². The highest BCUT2D eigenvalue weighted by Gasteiger charge is 2.29. The normalized spacial score (nSPS) is 17.9. The number of nitrogens with zero attached hydrogens (tertiary/aromatic N) is 3. The molecule has 1 aliphatic heterocycles. The molecule has 1 aromatic carbocycles. The van der Waals surface area contributed by atoms with Crippen LogP contribution in [0.2, 0.25) is 0 Å². The molecule has 126 valence electrons. The molecule has 0 bridgehead atoms. The zero-order valence-electron chi connectivity index (χ0n) is 13.9. The average Bonchev–Trinajstić information content (AvgIpc) is 3.40. The van der Waals surface area contributed by atoms with Crippen LogP contribution in [0.3, 0.4) is 0 Å². The zero-order chi connectivity index (χ0) is 16.4. The van der Waals surface area contributed by atoms with Crippen molar-refractivity contribution >= 4 is 17.7 Å². The first-order valence-electron chi connectivity index (χ1n) is 8.86. The van der Waals surface area contributed by atoms with Crippen LogP contribution in [0, 0.1) is 0 Å². The van der Waals surface area contributed by atoms with Crippen molar-refractivity contribution in [2.24, 2.45) is 0 Å². The number of likely N-dealkylation sites (tertiary alicyclic amines) is 1. The lowest BCUT2D eigenvalue weighted by Gasteiger charge is -2.26. The van der Waals surface area contributed by atoms with Crippen LogP contribution >= 0.6 is 11.8 Å². The van der Waals surface area contributed by atoms with Gasteiger partial charge in [0.25, 0.3) is 0 Å². The number of benzene rings is 1. The van der Waals surface area contributed by atoms with Gasteiger partial charge in [0.15, 0.2) is 5.16 Å². The Balaban J connectivity index is 1.49. The molecular formula is C19H23N3OS. The lowest BCUT2D eigenvalue weighted by Crippen LogP contribution is -2.36. The number of rotatable bonds is 5. The van der Waals surface area contributed by atoms with E-state index in [9.17, 15) is 4.79 Å². The number of carbonyl (C=O) groups is 1. The van der Waals surface area contributed by atoms with E-state index in [4.69, 9.17) is 0 Å². The molecule has 4 nitrogen and oxygen atoms in total. The van der Waals surface area contributed by atoms with Gasteiger partial charge in [0.05, 0.1) is 17.6 Å². The minimum absolute atomic E-state index is 0.256. The highest BCUT2D eigenvalue weighted by Crippen LogP contribution is 2.41. The molecule has 2 heterocycles. The van der Waals surface area contributed by atoms with Gasteiger partial charge in [0, 0.05) is 19.1 Å². The lowest BCUT2D eigenvalue weighted by molar-refractivity contribution is -0.129. The van der Waals surface area contributed by atoms with Crippen molar-refractivity contribution in [3.63, 3.8) is 0 Å². The third-order valence-electron chi connectivity index (χ3n) is 4.78. The van der Waals surface area contributed by atoms with E-state index < -0.39 is 0 Å². The van der Waals surface area contributed by atoms with Crippen LogP contribution in [0.15, 0.2) is 41.7 Å². The average molecular weight is 341 g/mol. The molecule has 4 rings (SSSR count). The van der Waals surface area contributed by atoms with Gasteiger partial charge in [0.1, 0.15) is 0 Å². The molecular weight excluding hydrogens is 318 g/mol. The molecule has 5 heteroatoms. The fourth-order valence-corrected chi connectivity index (χ4v) is 4.27. The van der Waals surface area contributed by atoms with Gasteiger partial charge < -0.3 is 9.47 Å². The third kappa shape index (κ3) is 3.36. The largest absolute Gasteiger partial charge is 0.342 e. The van der Waals surface area contributed by atoms with E-state index in [1.807, 2.05) is 17.2 Å². The first kappa shape index (κ1) is 15.8. The van der Waals surface area contributed by atoms with Gasteiger partial charge in [-0.3, -0.25) is 4.79 Å². The molecule has 2 aromatic rings. The number of thioether (sulfide) groups is 1. The van der Waals surface area contributed by atoms with Crippen LogP contribution in [0.4, 0.5) is 0 Å². The fraction of sp³-hybridized carbons (Fsp3) is 0.474. The summed E-state index contributed by atoms with van der Waals surface area (Å²) in [6.07, 6.45) is 7.93. The molecule has 0 unspecified atom stereocenters. The van der Waals surface area contributed by atoms with Crippen LogP contribution in [-0.4, -0.2) is 39.2 Å². The molecule has 0 atom stereocenters. The number of hydrogen-bond donors (Lipinski definition) is 0. The van der Waals surface area contributed by atoms with Crippen molar-refractivity contribution in [3.8, 4) is 11.3 Å². The van der Waals surface area contributed by atoms with Crippen LogP contribution in [-0.2, 0) is 4.79 Å². The van der Waals surface area contributed by atoms with Gasteiger partial charge in [-0.25, -0.2) is 4.98 Å². The first-order valence-corrected chi connectivity index (χ1v) is 9.85. The predicted octanol–water partition coefficient (Wildman–Crippen LogP) is 3.99. The standard InChI is InChI=1S/C19H23N3OS/c23-18(21-11-5-2-6-12-21)14-24-19-20-13-17(22(19)16-9-10-16)15-7-3-1-4-8-15/h1,3-4,7-8,13,16H,2,5-6,9-12,14H2. The Hall–Kier alpha value is -1.75. The summed E-state index contributed by atoms with van der Waals surface area (Å²) >= 11 is 1.59. The van der Waals surface area contributed by atoms with Crippen LogP contribution in [0.25, 0.3) is 11.3 Å². The summed E-state index contributed by atoms with van der Waals surface area (Å²) < 4.78 is 2.34. The van der Waals surface area contributed by atoms with E-state index in [0.717, 1.165) is 31.1 Å². The van der Waals surface area contributed by atoms with E-state index in [-0.39, 0.29) is 5.91 Å². The monoisotopic (exact) mass is 341 g/mol. The zero-order valence-corrected chi connectivity index (χ0v) is 14.7. The Kier molecular flexibility index (Phi) is 4.60. The topological polar surface area (TPSA) is 38.1 Å². The SMILES string of the molecule is O=C(CSc1ncc(-c2ccccc2)n1C1CC1)N1CCCCC1. The van der Waals surface area contributed by atoms with E-state index in [0.29, 0.717) is 11.8 Å². The molecule has 24 heavy (non-hydrogen) atoms. The van der Waals surface area contributed by atoms with Crippen molar-refractivity contribution in [2.75, 3.05) is 18.8 Å². The summed E-state index contributed by atoms with van der Waals surface area (Å²) in [6.45, 7) is 1.84. The molecule has 0 spiro atoms. The molecule has 1 amide bonds. The van der Waals surface area contributed by atoms with Crippen molar-refractivity contribution in [1.29, 1.82) is 0 Å². The molecule has 2 fully saturated rings. The van der Waals surface area contributed by atoms with Gasteiger partial charge in [-0.15, -0.1) is 0 Å². The van der Waals surface area contributed by atoms with Crippen molar-refractivity contribution in [3.05, 3.63) is 36.5 Å². The molecule has 1 aliphatic carbocycles. The summed E-state index contributed by atoms with van der Waals surface area (Å²) in [6, 6.07) is 11.0. The highest BCUT2D eigenvalue weighted by molar-refractivity contribution is 7.99. The second kappa shape index (κ2) is 7.01. The van der Waals surface area contributed by atoms with E-state index in [1.54, 1.807) is 11.8 Å². The summed E-state index contributed by atoms with van der Waals surface area (Å²) in [7, 11) is 0. The summed E-state index contributed by atoms with van der Waals surface area (Å²) in [5.41, 5.74) is 2.37. The van der Waals surface area contributed by atoms with Crippen LogP contribution in [0.1, 0.15) is 38.1 Å². The second-order valence-corrected chi connectivity index (χ2v) is 7.57. The Morgan fingerprint density at radius 2 is 1.88 bits per heavy atom. The summed E-state index contributed by atoms with van der Waals surface area (Å²) in [5.74, 6) is 0.754. The Morgan fingerprint density at radius 1 is 1.12 bits per heavy atom. The van der Waals surface area contributed by atoms with Gasteiger partial charge in [-0.05, 0) is 37.7 Å². The van der Waals surface area contributed by atoms with Crippen LogP contribution in [0.5, 0.6) is 0 Å². The first-order chi connectivity index (χ1) is 11.8. The maximum Gasteiger partial charge on any atom is 0.233 e. The molecule has 1 aromatic heterocycles. The van der Waals surface area contributed by atoms with Gasteiger partial charge >= 0.3 is 0 Å². The maximum absolute atomic E-state index is 12.4. The molecule has 1 saturated heterocycles. The predicted molar refractivity (Wildman–Crippen MR) is 97.1 cm³/mol.